The van der Waals surface area contributed by atoms with Crippen LogP contribution in [0.15, 0.2) is 18.2 Å². The van der Waals surface area contributed by atoms with Crippen LogP contribution in [-0.4, -0.2) is 27.3 Å². The van der Waals surface area contributed by atoms with Gasteiger partial charge in [0, 0.05) is 13.7 Å². The minimum atomic E-state index is -4.94. The van der Waals surface area contributed by atoms with Gasteiger partial charge in [0.15, 0.2) is 0 Å². The molecule has 0 spiro atoms. The summed E-state index contributed by atoms with van der Waals surface area (Å²) in [6.07, 6.45) is 1.69. The molecular weight excluding hydrogens is 283 g/mol. The summed E-state index contributed by atoms with van der Waals surface area (Å²) in [6, 6.07) is 3.88. The molecule has 0 bridgehead atoms. The number of methoxy groups -OCH3 is 1. The molecule has 1 aromatic rings. The number of hydrogen-bond acceptors (Lipinski definition) is 2. The smallest absolute Gasteiger partial charge is 0.494 e. The van der Waals surface area contributed by atoms with Crippen molar-refractivity contribution in [1.29, 1.82) is 0 Å². The molecule has 19 heavy (non-hydrogen) atoms. The van der Waals surface area contributed by atoms with Crippen molar-refractivity contribution in [3.8, 4) is 5.75 Å². The summed E-state index contributed by atoms with van der Waals surface area (Å²) in [5, 5.41) is 0. The normalized spacial score (nSPS) is 11.0. The van der Waals surface area contributed by atoms with Crippen LogP contribution in [0.2, 0.25) is 0 Å². The molecule has 0 unspecified atom stereocenters. The van der Waals surface area contributed by atoms with Crippen LogP contribution < -0.4 is 61.6 Å². The fourth-order valence-corrected chi connectivity index (χ4v) is 1.64. The van der Waals surface area contributed by atoms with Gasteiger partial charge in [-0.3, -0.25) is 0 Å². The maximum absolute atomic E-state index is 12.6. The molecule has 0 saturated carbocycles. The molecule has 0 radical (unpaired) electrons. The van der Waals surface area contributed by atoms with Crippen LogP contribution in [0.4, 0.5) is 12.9 Å². The van der Waals surface area contributed by atoms with Crippen molar-refractivity contribution >= 4 is 12.4 Å². The summed E-state index contributed by atoms with van der Waals surface area (Å²) < 4.78 is 48.0. The molecule has 0 aliphatic rings. The zero-order valence-electron chi connectivity index (χ0n) is 11.6. The Morgan fingerprint density at radius 1 is 1.11 bits per heavy atom. The van der Waals surface area contributed by atoms with E-state index in [1.54, 1.807) is 7.11 Å². The van der Waals surface area contributed by atoms with Crippen LogP contribution >= 0.6 is 0 Å². The molecule has 0 saturated heterocycles. The Balaban J connectivity index is 0.00000324. The minimum absolute atomic E-state index is 0. The van der Waals surface area contributed by atoms with Gasteiger partial charge in [-0.15, -0.1) is 5.46 Å². The standard InChI is InChI=1S/C12H17BF3O2.K/c1-10-9-11(18-8-4-3-7-17-2)5-6-12(10)13(14,15)16;/h5-6,9H,3-4,7-8H2,1-2H3;/q-1;+1. The number of hydrogen-bond donors (Lipinski definition) is 0. The molecule has 7 heteroatoms. The molecule has 0 aromatic heterocycles. The van der Waals surface area contributed by atoms with Crippen molar-refractivity contribution in [1.82, 2.24) is 0 Å². The van der Waals surface area contributed by atoms with Crippen molar-refractivity contribution in [2.75, 3.05) is 20.3 Å². The Hall–Kier alpha value is 0.471. The van der Waals surface area contributed by atoms with E-state index >= 15 is 0 Å². The van der Waals surface area contributed by atoms with Gasteiger partial charge in [0.1, 0.15) is 5.75 Å². The van der Waals surface area contributed by atoms with E-state index in [4.69, 9.17) is 9.47 Å². The van der Waals surface area contributed by atoms with E-state index in [-0.39, 0.29) is 56.9 Å². The summed E-state index contributed by atoms with van der Waals surface area (Å²) in [4.78, 5) is 0. The van der Waals surface area contributed by atoms with Gasteiger partial charge >= 0.3 is 58.4 Å². The molecule has 2 nitrogen and oxygen atoms in total. The second kappa shape index (κ2) is 9.42. The largest absolute Gasteiger partial charge is 1.00 e. The van der Waals surface area contributed by atoms with E-state index in [1.165, 1.54) is 19.1 Å². The average molecular weight is 300 g/mol. The number of aryl methyl sites for hydroxylation is 1. The zero-order chi connectivity index (χ0) is 13.6. The predicted molar refractivity (Wildman–Crippen MR) is 66.5 cm³/mol. The summed E-state index contributed by atoms with van der Waals surface area (Å²) in [6.45, 7) is -2.35. The minimum Gasteiger partial charge on any atom is -0.494 e. The maximum atomic E-state index is 12.6. The molecule has 0 N–H and O–H groups in total. The third-order valence-electron chi connectivity index (χ3n) is 2.61. The Morgan fingerprint density at radius 3 is 2.26 bits per heavy atom. The van der Waals surface area contributed by atoms with Crippen LogP contribution in [0.25, 0.3) is 0 Å². The Morgan fingerprint density at radius 2 is 1.74 bits per heavy atom. The molecule has 102 valence electrons. The van der Waals surface area contributed by atoms with Crippen LogP contribution in [0.1, 0.15) is 18.4 Å². The first-order chi connectivity index (χ1) is 8.45. The van der Waals surface area contributed by atoms with Gasteiger partial charge in [0.2, 0.25) is 0 Å². The first kappa shape index (κ1) is 19.5. The number of unbranched alkanes of at least 4 members (excludes halogenated alkanes) is 1. The van der Waals surface area contributed by atoms with Crippen molar-refractivity contribution in [2.45, 2.75) is 19.8 Å². The Bertz CT molecular complexity index is 386. The van der Waals surface area contributed by atoms with Gasteiger partial charge in [-0.05, 0) is 31.9 Å². The summed E-state index contributed by atoms with van der Waals surface area (Å²) in [5.41, 5.74) is -0.348. The third-order valence-corrected chi connectivity index (χ3v) is 2.61. The SMILES string of the molecule is COCCCCOc1ccc([B-](F)(F)F)c(C)c1.[K+]. The zero-order valence-corrected chi connectivity index (χ0v) is 14.7. The van der Waals surface area contributed by atoms with Gasteiger partial charge in [0.05, 0.1) is 6.61 Å². The molecule has 0 aliphatic heterocycles. The number of halogens is 3. The number of benzene rings is 1. The molecule has 0 amide bonds. The quantitative estimate of drug-likeness (QED) is 0.515. The summed E-state index contributed by atoms with van der Waals surface area (Å²) >= 11 is 0. The molecule has 0 aliphatic carbocycles. The van der Waals surface area contributed by atoms with Crippen LogP contribution in [0.5, 0.6) is 5.75 Å². The first-order valence-corrected chi connectivity index (χ1v) is 5.87. The predicted octanol–water partition coefficient (Wildman–Crippen LogP) is -0.141. The molecule has 0 fully saturated rings. The number of rotatable bonds is 7. The topological polar surface area (TPSA) is 18.5 Å². The van der Waals surface area contributed by atoms with Crippen molar-refractivity contribution in [3.05, 3.63) is 23.8 Å². The van der Waals surface area contributed by atoms with Crippen LogP contribution in [-0.2, 0) is 4.74 Å². The second-order valence-electron chi connectivity index (χ2n) is 4.14. The molecule has 0 heterocycles. The van der Waals surface area contributed by atoms with E-state index in [1.807, 2.05) is 0 Å². The monoisotopic (exact) mass is 300 g/mol. The Kier molecular flexibility index (Phi) is 9.65. The maximum Gasteiger partial charge on any atom is 1.00 e. The van der Waals surface area contributed by atoms with E-state index in [0.717, 1.165) is 18.9 Å². The van der Waals surface area contributed by atoms with Crippen LogP contribution in [0.3, 0.4) is 0 Å². The van der Waals surface area contributed by atoms with E-state index in [0.29, 0.717) is 19.0 Å². The fraction of sp³-hybridized carbons (Fsp3) is 0.500. The molecule has 1 rings (SSSR count). The fourth-order valence-electron chi connectivity index (χ4n) is 1.64. The van der Waals surface area contributed by atoms with Crippen molar-refractivity contribution in [2.24, 2.45) is 0 Å². The first-order valence-electron chi connectivity index (χ1n) is 5.87. The van der Waals surface area contributed by atoms with E-state index in [9.17, 15) is 12.9 Å². The molecule has 0 atom stereocenters. The molecule has 1 aromatic carbocycles. The molecular formula is C12H17BF3KO2. The van der Waals surface area contributed by atoms with Gasteiger partial charge in [0.25, 0.3) is 0 Å². The van der Waals surface area contributed by atoms with Crippen molar-refractivity contribution in [3.63, 3.8) is 0 Å². The van der Waals surface area contributed by atoms with Gasteiger partial charge < -0.3 is 22.4 Å². The summed E-state index contributed by atoms with van der Waals surface area (Å²) in [5.74, 6) is 0.480. The van der Waals surface area contributed by atoms with Gasteiger partial charge in [-0.2, -0.15) is 0 Å². The van der Waals surface area contributed by atoms with E-state index < -0.39 is 12.4 Å². The second-order valence-corrected chi connectivity index (χ2v) is 4.14. The average Bonchev–Trinajstić information content (AvgIpc) is 2.27. The number of ether oxygens (including phenoxy) is 2. The van der Waals surface area contributed by atoms with Crippen LogP contribution in [0, 0.1) is 6.92 Å². The summed E-state index contributed by atoms with van der Waals surface area (Å²) in [7, 11) is 1.63. The van der Waals surface area contributed by atoms with Gasteiger partial charge in [-0.25, -0.2) is 0 Å². The van der Waals surface area contributed by atoms with E-state index in [2.05, 4.69) is 0 Å². The van der Waals surface area contributed by atoms with Gasteiger partial charge in [-0.1, -0.05) is 11.6 Å². The van der Waals surface area contributed by atoms with Crippen molar-refractivity contribution < 1.29 is 73.8 Å². The third kappa shape index (κ3) is 7.15. The Labute approximate surface area is 154 Å².